The van der Waals surface area contributed by atoms with Crippen molar-refractivity contribution in [3.63, 3.8) is 0 Å². The van der Waals surface area contributed by atoms with Gasteiger partial charge in [0.1, 0.15) is 5.25 Å². The van der Waals surface area contributed by atoms with Crippen molar-refractivity contribution in [1.82, 2.24) is 0 Å². The van der Waals surface area contributed by atoms with Crippen LogP contribution in [0.1, 0.15) is 40.0 Å². The maximum atomic E-state index is 11.6. The Bertz CT molecular complexity index is 204. The maximum absolute atomic E-state index is 11.6. The first-order chi connectivity index (χ1) is 6.52. The third-order valence-electron chi connectivity index (χ3n) is 2.19. The molecule has 0 rings (SSSR count). The number of hydrogen-bond donors (Lipinski definition) is 1. The molecule has 0 aliphatic rings. The van der Waals surface area contributed by atoms with E-state index in [0.29, 0.717) is 18.1 Å². The molecule has 0 saturated carbocycles. The van der Waals surface area contributed by atoms with Crippen molar-refractivity contribution in [2.24, 2.45) is 5.92 Å². The molecule has 0 aromatic rings. The lowest BCUT2D eigenvalue weighted by molar-refractivity contribution is -0.136. The summed E-state index contributed by atoms with van der Waals surface area (Å²) >= 11 is 0. The highest BCUT2D eigenvalue weighted by atomic mass is 32.2. The van der Waals surface area contributed by atoms with Gasteiger partial charge in [0, 0.05) is 16.6 Å². The first-order valence-electron chi connectivity index (χ1n) is 5.12. The lowest BCUT2D eigenvalue weighted by atomic mass is 10.1. The number of rotatable bonds is 7. The highest BCUT2D eigenvalue weighted by molar-refractivity contribution is 7.86. The number of carboxylic acids is 1. The van der Waals surface area contributed by atoms with E-state index < -0.39 is 22.0 Å². The third kappa shape index (κ3) is 4.74. The van der Waals surface area contributed by atoms with E-state index in [1.54, 1.807) is 6.92 Å². The summed E-state index contributed by atoms with van der Waals surface area (Å²) in [6.07, 6.45) is 2.52. The number of carboxylic acid groups (broad SMARTS) is 1. The molecule has 0 saturated heterocycles. The van der Waals surface area contributed by atoms with Crippen LogP contribution in [0.25, 0.3) is 0 Å². The average molecular weight is 220 g/mol. The third-order valence-corrected chi connectivity index (χ3v) is 4.26. The summed E-state index contributed by atoms with van der Waals surface area (Å²) in [5.41, 5.74) is 0. The normalized spacial score (nSPS) is 17.4. The van der Waals surface area contributed by atoms with Crippen LogP contribution in [0, 0.1) is 5.92 Å². The Morgan fingerprint density at radius 2 is 2.00 bits per heavy atom. The van der Waals surface area contributed by atoms with Crippen LogP contribution in [0.3, 0.4) is 0 Å². The summed E-state index contributed by atoms with van der Waals surface area (Å²) in [4.78, 5) is 10.7. The van der Waals surface area contributed by atoms with Gasteiger partial charge in [-0.2, -0.15) is 0 Å². The highest BCUT2D eigenvalue weighted by Gasteiger charge is 2.23. The second kappa shape index (κ2) is 6.98. The minimum atomic E-state index is -1.22. The second-order valence-corrected chi connectivity index (χ2v) is 5.34. The molecule has 84 valence electrons. The molecule has 3 atom stereocenters. The zero-order valence-corrected chi connectivity index (χ0v) is 9.97. The fraction of sp³-hybridized carbons (Fsp3) is 0.900. The van der Waals surface area contributed by atoms with Crippen LogP contribution in [0.15, 0.2) is 0 Å². The van der Waals surface area contributed by atoms with E-state index in [1.165, 1.54) is 0 Å². The summed E-state index contributed by atoms with van der Waals surface area (Å²) < 4.78 is 11.6. The van der Waals surface area contributed by atoms with Crippen molar-refractivity contribution in [2.75, 3.05) is 5.75 Å². The van der Waals surface area contributed by atoms with Gasteiger partial charge in [0.25, 0.3) is 0 Å². The van der Waals surface area contributed by atoms with Gasteiger partial charge in [-0.1, -0.05) is 33.6 Å². The van der Waals surface area contributed by atoms with Crippen LogP contribution in [0.4, 0.5) is 0 Å². The molecule has 0 aliphatic heterocycles. The SMILES string of the molecule is CCCC(C)CS(=O)C(CC)C(=O)O. The average Bonchev–Trinajstić information content (AvgIpc) is 2.04. The second-order valence-electron chi connectivity index (χ2n) is 3.68. The summed E-state index contributed by atoms with van der Waals surface area (Å²) in [5.74, 6) is -0.0673. The molecule has 0 aromatic carbocycles. The number of hydrogen-bond acceptors (Lipinski definition) is 2. The molecule has 0 radical (unpaired) electrons. The molecule has 4 heteroatoms. The van der Waals surface area contributed by atoms with Gasteiger partial charge >= 0.3 is 5.97 Å². The van der Waals surface area contributed by atoms with Crippen LogP contribution in [-0.2, 0) is 15.6 Å². The predicted octanol–water partition coefficient (Wildman–Crippen LogP) is 2.03. The Kier molecular flexibility index (Phi) is 6.79. The summed E-state index contributed by atoms with van der Waals surface area (Å²) in [6.45, 7) is 5.87. The van der Waals surface area contributed by atoms with E-state index in [2.05, 4.69) is 6.92 Å². The first-order valence-corrected chi connectivity index (χ1v) is 6.51. The van der Waals surface area contributed by atoms with Gasteiger partial charge in [-0.3, -0.25) is 9.00 Å². The highest BCUT2D eigenvalue weighted by Crippen LogP contribution is 2.11. The molecule has 0 spiro atoms. The molecule has 0 aliphatic carbocycles. The van der Waals surface area contributed by atoms with Gasteiger partial charge in [0.2, 0.25) is 0 Å². The topological polar surface area (TPSA) is 54.4 Å². The minimum Gasteiger partial charge on any atom is -0.480 e. The van der Waals surface area contributed by atoms with Crippen LogP contribution in [-0.4, -0.2) is 26.3 Å². The molecule has 3 unspecified atom stereocenters. The van der Waals surface area contributed by atoms with Gasteiger partial charge in [-0.15, -0.1) is 0 Å². The standard InChI is InChI=1S/C10H20O3S/c1-4-6-8(3)7-14(13)9(5-2)10(11)12/h8-9H,4-7H2,1-3H3,(H,11,12). The van der Waals surface area contributed by atoms with Crippen LogP contribution in [0.5, 0.6) is 0 Å². The Morgan fingerprint density at radius 1 is 1.43 bits per heavy atom. The Hall–Kier alpha value is -0.380. The summed E-state index contributed by atoms with van der Waals surface area (Å²) in [6, 6.07) is 0. The Morgan fingerprint density at radius 3 is 2.36 bits per heavy atom. The monoisotopic (exact) mass is 220 g/mol. The van der Waals surface area contributed by atoms with E-state index in [-0.39, 0.29) is 0 Å². The molecule has 0 fully saturated rings. The van der Waals surface area contributed by atoms with Gasteiger partial charge in [0.15, 0.2) is 0 Å². The van der Waals surface area contributed by atoms with E-state index in [9.17, 15) is 9.00 Å². The van der Waals surface area contributed by atoms with Crippen molar-refractivity contribution in [2.45, 2.75) is 45.3 Å². The molecule has 14 heavy (non-hydrogen) atoms. The molecule has 0 aromatic heterocycles. The fourth-order valence-electron chi connectivity index (χ4n) is 1.45. The molecular weight excluding hydrogens is 200 g/mol. The van der Waals surface area contributed by atoms with Crippen molar-refractivity contribution < 1.29 is 14.1 Å². The van der Waals surface area contributed by atoms with Gasteiger partial charge in [-0.05, 0) is 12.3 Å². The quantitative estimate of drug-likeness (QED) is 0.714. The van der Waals surface area contributed by atoms with E-state index in [4.69, 9.17) is 5.11 Å². The van der Waals surface area contributed by atoms with Crippen molar-refractivity contribution in [1.29, 1.82) is 0 Å². The Labute approximate surface area is 88.4 Å². The fourth-order valence-corrected chi connectivity index (χ4v) is 3.00. The number of carbonyl (C=O) groups is 1. The van der Waals surface area contributed by atoms with Crippen molar-refractivity contribution in [3.05, 3.63) is 0 Å². The minimum absolute atomic E-state index is 0.356. The van der Waals surface area contributed by atoms with Gasteiger partial charge < -0.3 is 5.11 Å². The van der Waals surface area contributed by atoms with E-state index >= 15 is 0 Å². The molecule has 1 N–H and O–H groups in total. The molecule has 3 nitrogen and oxygen atoms in total. The van der Waals surface area contributed by atoms with Gasteiger partial charge in [-0.25, -0.2) is 0 Å². The van der Waals surface area contributed by atoms with Crippen LogP contribution < -0.4 is 0 Å². The molecule has 0 amide bonds. The first kappa shape index (κ1) is 13.6. The molecule has 0 bridgehead atoms. The maximum Gasteiger partial charge on any atom is 0.319 e. The number of aliphatic carboxylic acids is 1. The molecule has 0 heterocycles. The van der Waals surface area contributed by atoms with E-state index in [0.717, 1.165) is 12.8 Å². The largest absolute Gasteiger partial charge is 0.480 e. The lowest BCUT2D eigenvalue weighted by Crippen LogP contribution is -2.28. The predicted molar refractivity (Wildman–Crippen MR) is 58.8 cm³/mol. The van der Waals surface area contributed by atoms with Gasteiger partial charge in [0.05, 0.1) is 0 Å². The van der Waals surface area contributed by atoms with E-state index in [1.807, 2.05) is 6.92 Å². The van der Waals surface area contributed by atoms with Crippen molar-refractivity contribution >= 4 is 16.8 Å². The van der Waals surface area contributed by atoms with Crippen LogP contribution >= 0.6 is 0 Å². The Balaban J connectivity index is 4.10. The van der Waals surface area contributed by atoms with Crippen LogP contribution in [0.2, 0.25) is 0 Å². The lowest BCUT2D eigenvalue weighted by Gasteiger charge is -2.13. The summed E-state index contributed by atoms with van der Waals surface area (Å²) in [5, 5.41) is 8.11. The van der Waals surface area contributed by atoms with Crippen molar-refractivity contribution in [3.8, 4) is 0 Å². The zero-order valence-electron chi connectivity index (χ0n) is 9.16. The smallest absolute Gasteiger partial charge is 0.319 e. The molecular formula is C10H20O3S. The zero-order chi connectivity index (χ0) is 11.1. The summed E-state index contributed by atoms with van der Waals surface area (Å²) in [7, 11) is -1.22.